The van der Waals surface area contributed by atoms with Gasteiger partial charge < -0.3 is 14.8 Å². The lowest BCUT2D eigenvalue weighted by atomic mass is 10.0. The number of amides is 1. The van der Waals surface area contributed by atoms with Crippen LogP contribution in [0.5, 0.6) is 0 Å². The van der Waals surface area contributed by atoms with Crippen LogP contribution in [-0.2, 0) is 9.47 Å². The van der Waals surface area contributed by atoms with Gasteiger partial charge in [-0.15, -0.1) is 0 Å². The molecule has 0 saturated carbocycles. The van der Waals surface area contributed by atoms with E-state index in [1.54, 1.807) is 30.3 Å². The van der Waals surface area contributed by atoms with Crippen LogP contribution in [0.4, 0.5) is 4.39 Å². The average molecular weight is 316 g/mol. The van der Waals surface area contributed by atoms with Crippen LogP contribution >= 0.6 is 0 Å². The first-order valence-electron chi connectivity index (χ1n) is 7.41. The van der Waals surface area contributed by atoms with Crippen LogP contribution in [0.3, 0.4) is 0 Å². The van der Waals surface area contributed by atoms with Crippen molar-refractivity contribution in [3.63, 3.8) is 0 Å². The quantitative estimate of drug-likeness (QED) is 0.937. The SMILES string of the molecule is O=C(NC[C@@H]1COCCO1)c1cccc(-c2ccncc2F)c1. The molecule has 0 unspecified atom stereocenters. The standard InChI is InChI=1S/C17H17FN2O3/c18-16-10-19-5-4-15(16)12-2-1-3-13(8-12)17(21)20-9-14-11-22-6-7-23-14/h1-5,8,10,14H,6-7,9,11H2,(H,20,21)/t14-/m1/s1. The lowest BCUT2D eigenvalue weighted by Crippen LogP contribution is -2.39. The largest absolute Gasteiger partial charge is 0.376 e. The van der Waals surface area contributed by atoms with Crippen molar-refractivity contribution in [1.82, 2.24) is 10.3 Å². The minimum Gasteiger partial charge on any atom is -0.376 e. The van der Waals surface area contributed by atoms with E-state index in [0.29, 0.717) is 43.1 Å². The van der Waals surface area contributed by atoms with Gasteiger partial charge in [-0.2, -0.15) is 0 Å². The predicted octanol–water partition coefficient (Wildman–Crippen LogP) is 2.03. The van der Waals surface area contributed by atoms with Gasteiger partial charge in [0, 0.05) is 23.9 Å². The Bertz CT molecular complexity index is 687. The van der Waals surface area contributed by atoms with E-state index in [0.717, 1.165) is 6.20 Å². The van der Waals surface area contributed by atoms with E-state index >= 15 is 0 Å². The van der Waals surface area contributed by atoms with Gasteiger partial charge in [-0.1, -0.05) is 12.1 Å². The van der Waals surface area contributed by atoms with Gasteiger partial charge in [0.25, 0.3) is 5.91 Å². The Kier molecular flexibility index (Phi) is 4.95. The first-order chi connectivity index (χ1) is 11.2. The second-order valence-electron chi connectivity index (χ2n) is 5.21. The molecule has 1 amide bonds. The highest BCUT2D eigenvalue weighted by Gasteiger charge is 2.16. The highest BCUT2D eigenvalue weighted by Crippen LogP contribution is 2.22. The summed E-state index contributed by atoms with van der Waals surface area (Å²) in [7, 11) is 0. The van der Waals surface area contributed by atoms with E-state index in [-0.39, 0.29) is 12.0 Å². The first kappa shape index (κ1) is 15.6. The van der Waals surface area contributed by atoms with Gasteiger partial charge in [0.2, 0.25) is 0 Å². The molecule has 1 aliphatic heterocycles. The topological polar surface area (TPSA) is 60.5 Å². The summed E-state index contributed by atoms with van der Waals surface area (Å²) < 4.78 is 24.6. The number of carbonyl (C=O) groups is 1. The van der Waals surface area contributed by atoms with Crippen molar-refractivity contribution in [3.8, 4) is 11.1 Å². The van der Waals surface area contributed by atoms with Crippen LogP contribution in [0.25, 0.3) is 11.1 Å². The van der Waals surface area contributed by atoms with Crippen LogP contribution < -0.4 is 5.32 Å². The van der Waals surface area contributed by atoms with Gasteiger partial charge in [-0.25, -0.2) is 4.39 Å². The summed E-state index contributed by atoms with van der Waals surface area (Å²) in [5.74, 6) is -0.645. The van der Waals surface area contributed by atoms with E-state index in [1.807, 2.05) is 0 Å². The molecule has 2 heterocycles. The molecule has 1 fully saturated rings. The molecule has 23 heavy (non-hydrogen) atoms. The van der Waals surface area contributed by atoms with E-state index in [9.17, 15) is 9.18 Å². The van der Waals surface area contributed by atoms with Crippen molar-refractivity contribution in [2.45, 2.75) is 6.10 Å². The Morgan fingerprint density at radius 3 is 3.04 bits per heavy atom. The van der Waals surface area contributed by atoms with Crippen molar-refractivity contribution < 1.29 is 18.7 Å². The number of hydrogen-bond donors (Lipinski definition) is 1. The Labute approximate surface area is 133 Å². The molecular formula is C17H17FN2O3. The zero-order valence-corrected chi connectivity index (χ0v) is 12.5. The number of rotatable bonds is 4. The van der Waals surface area contributed by atoms with Gasteiger partial charge in [-0.3, -0.25) is 9.78 Å². The molecule has 2 aromatic rings. The fraction of sp³-hybridized carbons (Fsp3) is 0.294. The van der Waals surface area contributed by atoms with Crippen molar-refractivity contribution in [2.75, 3.05) is 26.4 Å². The van der Waals surface area contributed by atoms with Gasteiger partial charge in [-0.05, 0) is 23.8 Å². The maximum absolute atomic E-state index is 13.8. The predicted molar refractivity (Wildman–Crippen MR) is 82.5 cm³/mol. The molecule has 1 aromatic carbocycles. The fourth-order valence-electron chi connectivity index (χ4n) is 2.40. The molecule has 0 aliphatic carbocycles. The second kappa shape index (κ2) is 7.30. The smallest absolute Gasteiger partial charge is 0.251 e. The highest BCUT2D eigenvalue weighted by atomic mass is 19.1. The normalized spacial score (nSPS) is 17.7. The molecule has 3 rings (SSSR count). The van der Waals surface area contributed by atoms with Crippen LogP contribution in [0.15, 0.2) is 42.7 Å². The minimum absolute atomic E-state index is 0.131. The van der Waals surface area contributed by atoms with E-state index < -0.39 is 5.82 Å². The van der Waals surface area contributed by atoms with E-state index in [2.05, 4.69) is 10.3 Å². The molecule has 1 aromatic heterocycles. The van der Waals surface area contributed by atoms with Crippen molar-refractivity contribution >= 4 is 5.91 Å². The molecule has 120 valence electrons. The molecule has 1 N–H and O–H groups in total. The molecule has 0 bridgehead atoms. The second-order valence-corrected chi connectivity index (χ2v) is 5.21. The van der Waals surface area contributed by atoms with Crippen LogP contribution in [-0.4, -0.2) is 43.4 Å². The monoisotopic (exact) mass is 316 g/mol. The van der Waals surface area contributed by atoms with Gasteiger partial charge in [0.1, 0.15) is 5.82 Å². The molecule has 1 aliphatic rings. The summed E-state index contributed by atoms with van der Waals surface area (Å²) in [5.41, 5.74) is 1.52. The van der Waals surface area contributed by atoms with Crippen molar-refractivity contribution in [2.24, 2.45) is 0 Å². The molecule has 5 nitrogen and oxygen atoms in total. The maximum atomic E-state index is 13.8. The summed E-state index contributed by atoms with van der Waals surface area (Å²) in [6.07, 6.45) is 2.54. The Morgan fingerprint density at radius 2 is 2.26 bits per heavy atom. The summed E-state index contributed by atoms with van der Waals surface area (Å²) in [4.78, 5) is 16.0. The number of aromatic nitrogens is 1. The first-order valence-corrected chi connectivity index (χ1v) is 7.41. The molecule has 1 atom stereocenters. The molecule has 1 saturated heterocycles. The number of carbonyl (C=O) groups excluding carboxylic acids is 1. The molecular weight excluding hydrogens is 299 g/mol. The number of pyridine rings is 1. The minimum atomic E-state index is -0.419. The Balaban J connectivity index is 1.69. The summed E-state index contributed by atoms with van der Waals surface area (Å²) in [6.45, 7) is 1.98. The van der Waals surface area contributed by atoms with Gasteiger partial charge >= 0.3 is 0 Å². The summed E-state index contributed by atoms with van der Waals surface area (Å²) in [5, 5.41) is 2.81. The third kappa shape index (κ3) is 3.91. The van der Waals surface area contributed by atoms with Crippen LogP contribution in [0.2, 0.25) is 0 Å². The lowest BCUT2D eigenvalue weighted by Gasteiger charge is -2.23. The lowest BCUT2D eigenvalue weighted by molar-refractivity contribution is -0.0855. The average Bonchev–Trinajstić information content (AvgIpc) is 2.61. The number of benzene rings is 1. The Morgan fingerprint density at radius 1 is 1.35 bits per heavy atom. The van der Waals surface area contributed by atoms with E-state index in [4.69, 9.17) is 9.47 Å². The van der Waals surface area contributed by atoms with Crippen LogP contribution in [0.1, 0.15) is 10.4 Å². The van der Waals surface area contributed by atoms with Crippen molar-refractivity contribution in [1.29, 1.82) is 0 Å². The number of ether oxygens (including phenoxy) is 2. The number of hydrogen-bond acceptors (Lipinski definition) is 4. The van der Waals surface area contributed by atoms with Gasteiger partial charge in [0.05, 0.1) is 32.1 Å². The Hall–Kier alpha value is -2.31. The summed E-state index contributed by atoms with van der Waals surface area (Å²) in [6, 6.07) is 8.42. The molecule has 0 spiro atoms. The third-order valence-electron chi connectivity index (χ3n) is 3.58. The van der Waals surface area contributed by atoms with Crippen LogP contribution in [0, 0.1) is 5.82 Å². The third-order valence-corrected chi connectivity index (χ3v) is 3.58. The van der Waals surface area contributed by atoms with Crippen molar-refractivity contribution in [3.05, 3.63) is 54.1 Å². The number of halogens is 1. The fourth-order valence-corrected chi connectivity index (χ4v) is 2.40. The van der Waals surface area contributed by atoms with Gasteiger partial charge in [0.15, 0.2) is 0 Å². The summed E-state index contributed by atoms with van der Waals surface area (Å²) >= 11 is 0. The highest BCUT2D eigenvalue weighted by molar-refractivity contribution is 5.95. The maximum Gasteiger partial charge on any atom is 0.251 e. The number of nitrogens with one attached hydrogen (secondary N) is 1. The molecule has 6 heteroatoms. The zero-order valence-electron chi connectivity index (χ0n) is 12.5. The number of nitrogens with zero attached hydrogens (tertiary/aromatic N) is 1. The van der Waals surface area contributed by atoms with E-state index in [1.165, 1.54) is 6.20 Å². The molecule has 0 radical (unpaired) electrons. The zero-order chi connectivity index (χ0) is 16.1.